The van der Waals surface area contributed by atoms with Crippen molar-refractivity contribution in [1.82, 2.24) is 5.32 Å². The van der Waals surface area contributed by atoms with Crippen molar-refractivity contribution in [2.75, 3.05) is 20.3 Å². The molecular formula is C29H35NO4S. The Labute approximate surface area is 212 Å². The van der Waals surface area contributed by atoms with E-state index in [0.717, 1.165) is 23.5 Å². The fourth-order valence-corrected chi connectivity index (χ4v) is 4.70. The van der Waals surface area contributed by atoms with Gasteiger partial charge in [-0.25, -0.2) is 0 Å². The molecule has 3 rings (SSSR count). The molecule has 35 heavy (non-hydrogen) atoms. The van der Waals surface area contributed by atoms with Crippen LogP contribution in [0.1, 0.15) is 59.3 Å². The van der Waals surface area contributed by atoms with Crippen LogP contribution in [0.4, 0.5) is 0 Å². The van der Waals surface area contributed by atoms with E-state index in [2.05, 4.69) is 74.1 Å². The number of amides is 1. The minimum atomic E-state index is -0.336. The summed E-state index contributed by atoms with van der Waals surface area (Å²) in [5.74, 6) is 0.371. The van der Waals surface area contributed by atoms with Crippen LogP contribution in [0.25, 0.3) is 11.1 Å². The molecule has 0 aliphatic rings. The first kappa shape index (κ1) is 26.5. The molecule has 1 aromatic heterocycles. The molecular weight excluding hydrogens is 458 g/mol. The molecule has 0 spiro atoms. The number of rotatable bonds is 10. The number of carbonyl (C=O) groups excluding carboxylic acids is 2. The summed E-state index contributed by atoms with van der Waals surface area (Å²) in [5, 5.41) is 2.74. The molecule has 0 unspecified atom stereocenters. The van der Waals surface area contributed by atoms with Gasteiger partial charge in [-0.15, -0.1) is 11.3 Å². The van der Waals surface area contributed by atoms with Crippen molar-refractivity contribution in [3.63, 3.8) is 0 Å². The number of nitrogens with one attached hydrogen (secondary N) is 1. The van der Waals surface area contributed by atoms with Crippen LogP contribution in [0.2, 0.25) is 0 Å². The summed E-state index contributed by atoms with van der Waals surface area (Å²) in [6, 6.07) is 18.9. The van der Waals surface area contributed by atoms with Gasteiger partial charge >= 0.3 is 5.97 Å². The lowest BCUT2D eigenvalue weighted by atomic mass is 9.86. The fraction of sp³-hybridized carbons (Fsp3) is 0.379. The second kappa shape index (κ2) is 12.0. The van der Waals surface area contributed by atoms with Gasteiger partial charge in [0.15, 0.2) is 0 Å². The van der Waals surface area contributed by atoms with Gasteiger partial charge < -0.3 is 14.8 Å². The number of methoxy groups -OCH3 is 1. The number of esters is 1. The molecule has 0 aliphatic heterocycles. The molecule has 1 N–H and O–H groups in total. The van der Waals surface area contributed by atoms with Crippen molar-refractivity contribution >= 4 is 23.2 Å². The van der Waals surface area contributed by atoms with E-state index in [1.165, 1.54) is 40.7 Å². The van der Waals surface area contributed by atoms with Gasteiger partial charge in [0.05, 0.1) is 25.0 Å². The summed E-state index contributed by atoms with van der Waals surface area (Å²) in [7, 11) is 1.34. The van der Waals surface area contributed by atoms with Crippen LogP contribution in [0.3, 0.4) is 0 Å². The molecule has 1 amide bonds. The van der Waals surface area contributed by atoms with E-state index >= 15 is 0 Å². The van der Waals surface area contributed by atoms with Gasteiger partial charge in [0.2, 0.25) is 0 Å². The van der Waals surface area contributed by atoms with Gasteiger partial charge in [0.1, 0.15) is 5.75 Å². The summed E-state index contributed by atoms with van der Waals surface area (Å²) in [6.07, 6.45) is 1.87. The molecule has 0 aliphatic carbocycles. The van der Waals surface area contributed by atoms with Crippen molar-refractivity contribution < 1.29 is 19.1 Å². The summed E-state index contributed by atoms with van der Waals surface area (Å²) in [6.45, 7) is 9.67. The maximum absolute atomic E-state index is 12.2. The molecule has 0 atom stereocenters. The Kier molecular flexibility index (Phi) is 9.10. The molecule has 3 aromatic rings. The third-order valence-corrected chi connectivity index (χ3v) is 6.97. The maximum atomic E-state index is 12.2. The average Bonchev–Trinajstić information content (AvgIpc) is 3.30. The zero-order valence-electron chi connectivity index (χ0n) is 21.3. The standard InChI is InChI=1S/C29H35NO4S/c1-20-19-23(12-14-25(20)21-8-10-22(11-9-21)29(2,3)4)34-18-6-7-24-13-15-26(35-24)28(32)30-17-16-27(31)33-5/h8-15,19H,6-7,16-18H2,1-5H3,(H,30,32). The smallest absolute Gasteiger partial charge is 0.307 e. The van der Waals surface area contributed by atoms with Crippen LogP contribution in [-0.4, -0.2) is 32.1 Å². The minimum Gasteiger partial charge on any atom is -0.494 e. The Hall–Kier alpha value is -3.12. The highest BCUT2D eigenvalue weighted by molar-refractivity contribution is 7.14. The highest BCUT2D eigenvalue weighted by Gasteiger charge is 2.14. The van der Waals surface area contributed by atoms with Crippen LogP contribution in [0, 0.1) is 6.92 Å². The molecule has 186 valence electrons. The summed E-state index contributed by atoms with van der Waals surface area (Å²) in [4.78, 5) is 25.1. The number of ether oxygens (including phenoxy) is 2. The van der Waals surface area contributed by atoms with Crippen molar-refractivity contribution in [1.29, 1.82) is 0 Å². The maximum Gasteiger partial charge on any atom is 0.307 e. The van der Waals surface area contributed by atoms with Gasteiger partial charge in [-0.3, -0.25) is 9.59 Å². The van der Waals surface area contributed by atoms with Crippen LogP contribution in [-0.2, 0) is 21.4 Å². The van der Waals surface area contributed by atoms with E-state index < -0.39 is 0 Å². The predicted octanol–water partition coefficient (Wildman–Crippen LogP) is 6.33. The molecule has 0 saturated heterocycles. The highest BCUT2D eigenvalue weighted by atomic mass is 32.1. The quantitative estimate of drug-likeness (QED) is 0.265. The Morgan fingerprint density at radius 1 is 1.00 bits per heavy atom. The average molecular weight is 494 g/mol. The van der Waals surface area contributed by atoms with Crippen LogP contribution in [0.15, 0.2) is 54.6 Å². The Balaban J connectivity index is 1.46. The van der Waals surface area contributed by atoms with Gasteiger partial charge in [-0.2, -0.15) is 0 Å². The largest absolute Gasteiger partial charge is 0.494 e. The summed E-state index contributed by atoms with van der Waals surface area (Å²) in [5.41, 5.74) is 5.09. The van der Waals surface area contributed by atoms with E-state index in [9.17, 15) is 9.59 Å². The molecule has 0 saturated carbocycles. The van der Waals surface area contributed by atoms with Crippen LogP contribution >= 0.6 is 11.3 Å². The SMILES string of the molecule is COC(=O)CCNC(=O)c1ccc(CCCOc2ccc(-c3ccc(C(C)(C)C)cc3)c(C)c2)s1. The van der Waals surface area contributed by atoms with Crippen LogP contribution in [0.5, 0.6) is 5.75 Å². The predicted molar refractivity (Wildman–Crippen MR) is 142 cm³/mol. The number of carbonyl (C=O) groups is 2. The third-order valence-electron chi connectivity index (χ3n) is 5.82. The summed E-state index contributed by atoms with van der Waals surface area (Å²) < 4.78 is 10.6. The van der Waals surface area contributed by atoms with E-state index in [-0.39, 0.29) is 30.3 Å². The Morgan fingerprint density at radius 2 is 1.74 bits per heavy atom. The first-order chi connectivity index (χ1) is 16.7. The van der Waals surface area contributed by atoms with Crippen molar-refractivity contribution in [3.05, 3.63) is 75.5 Å². The van der Waals surface area contributed by atoms with Crippen molar-refractivity contribution in [2.24, 2.45) is 0 Å². The van der Waals surface area contributed by atoms with E-state index in [0.29, 0.717) is 11.5 Å². The molecule has 0 fully saturated rings. The lowest BCUT2D eigenvalue weighted by Crippen LogP contribution is -2.25. The first-order valence-electron chi connectivity index (χ1n) is 12.0. The lowest BCUT2D eigenvalue weighted by molar-refractivity contribution is -0.140. The fourth-order valence-electron chi connectivity index (χ4n) is 3.74. The lowest BCUT2D eigenvalue weighted by Gasteiger charge is -2.19. The van der Waals surface area contributed by atoms with E-state index in [4.69, 9.17) is 4.74 Å². The first-order valence-corrected chi connectivity index (χ1v) is 12.8. The molecule has 5 nitrogen and oxygen atoms in total. The molecule has 2 aromatic carbocycles. The zero-order valence-corrected chi connectivity index (χ0v) is 22.1. The number of benzene rings is 2. The number of hydrogen-bond acceptors (Lipinski definition) is 5. The van der Waals surface area contributed by atoms with E-state index in [1.54, 1.807) is 0 Å². The molecule has 0 radical (unpaired) electrons. The minimum absolute atomic E-state index is 0.147. The number of hydrogen-bond donors (Lipinski definition) is 1. The topological polar surface area (TPSA) is 64.6 Å². The van der Waals surface area contributed by atoms with Gasteiger partial charge in [0.25, 0.3) is 5.91 Å². The normalized spacial score (nSPS) is 11.2. The van der Waals surface area contributed by atoms with Crippen molar-refractivity contribution in [3.8, 4) is 16.9 Å². The zero-order chi connectivity index (χ0) is 25.4. The highest BCUT2D eigenvalue weighted by Crippen LogP contribution is 2.30. The van der Waals surface area contributed by atoms with Gasteiger partial charge in [0, 0.05) is 11.4 Å². The van der Waals surface area contributed by atoms with E-state index in [1.807, 2.05) is 18.2 Å². The summed E-state index contributed by atoms with van der Waals surface area (Å²) >= 11 is 1.47. The Morgan fingerprint density at radius 3 is 2.40 bits per heavy atom. The second-order valence-corrected chi connectivity index (χ2v) is 10.8. The third kappa shape index (κ3) is 7.69. The van der Waals surface area contributed by atoms with Crippen LogP contribution < -0.4 is 10.1 Å². The monoisotopic (exact) mass is 493 g/mol. The Bertz CT molecular complexity index is 1140. The van der Waals surface area contributed by atoms with Crippen molar-refractivity contribution in [2.45, 2.75) is 52.4 Å². The molecule has 1 heterocycles. The second-order valence-electron chi connectivity index (χ2n) is 9.60. The molecule has 6 heteroatoms. The number of aryl methyl sites for hydroxylation is 2. The van der Waals surface area contributed by atoms with Gasteiger partial charge in [-0.05, 0) is 71.7 Å². The van der Waals surface area contributed by atoms with Gasteiger partial charge in [-0.1, -0.05) is 51.1 Å². The molecule has 0 bridgehead atoms. The number of thiophene rings is 1.